The van der Waals surface area contributed by atoms with Crippen LogP contribution >= 0.6 is 0 Å². The Kier molecular flexibility index (Phi) is 7.64. The zero-order valence-corrected chi connectivity index (χ0v) is 23.2. The van der Waals surface area contributed by atoms with Gasteiger partial charge in [-0.25, -0.2) is 0 Å². The Labute approximate surface area is 218 Å². The van der Waals surface area contributed by atoms with Crippen molar-refractivity contribution in [3.05, 3.63) is 0 Å². The van der Waals surface area contributed by atoms with Crippen molar-refractivity contribution in [1.82, 2.24) is 0 Å². The van der Waals surface area contributed by atoms with E-state index >= 15 is 0 Å². The maximum Gasteiger partial charge on any atom is 0.308 e. The third-order valence-electron chi connectivity index (χ3n) is 12.1. The van der Waals surface area contributed by atoms with Gasteiger partial charge in [-0.05, 0) is 111 Å². The molecule has 5 nitrogen and oxygen atoms in total. The normalized spacial score (nSPS) is 47.4. The van der Waals surface area contributed by atoms with Gasteiger partial charge in [0, 0.05) is 24.7 Å². The summed E-state index contributed by atoms with van der Waals surface area (Å²) < 4.78 is 11.2. The molecule has 11 atom stereocenters. The van der Waals surface area contributed by atoms with Gasteiger partial charge in [0.1, 0.15) is 5.78 Å². The number of Topliss-reactive ketones (excluding diaryl/α,β-unsaturated/α-hetero) is 1. The number of carbonyl (C=O) groups is 2. The number of hydrogen-bond acceptors (Lipinski definition) is 5. The van der Waals surface area contributed by atoms with Gasteiger partial charge in [0.2, 0.25) is 6.29 Å². The SMILES string of the molecule is CC[C@H]1C(=O)[C@@H]2[C@H](CC[C@]3(C)[C@@H]([C@H](C)CCC(=O)OC4CCCCO4)CC[C@@H]23)[C@@]2(C)CC[C@@H](O)C[C@@H]12. The van der Waals surface area contributed by atoms with Crippen LogP contribution in [0.5, 0.6) is 0 Å². The fraction of sp³-hybridized carbons (Fsp3) is 0.935. The molecule has 1 N–H and O–H groups in total. The van der Waals surface area contributed by atoms with Crippen LogP contribution in [0.1, 0.15) is 111 Å². The summed E-state index contributed by atoms with van der Waals surface area (Å²) in [6.45, 7) is 10.1. The van der Waals surface area contributed by atoms with Crippen LogP contribution in [-0.4, -0.2) is 35.9 Å². The van der Waals surface area contributed by atoms with Crippen LogP contribution in [0, 0.1) is 52.3 Å². The van der Waals surface area contributed by atoms with Gasteiger partial charge >= 0.3 is 5.97 Å². The second kappa shape index (κ2) is 10.3. The monoisotopic (exact) mass is 502 g/mol. The van der Waals surface area contributed by atoms with Crippen LogP contribution in [0.2, 0.25) is 0 Å². The number of aliphatic hydroxyl groups is 1. The number of rotatable bonds is 6. The maximum atomic E-state index is 14.1. The summed E-state index contributed by atoms with van der Waals surface area (Å²) >= 11 is 0. The summed E-state index contributed by atoms with van der Waals surface area (Å²) in [7, 11) is 0. The molecule has 0 aromatic carbocycles. The molecule has 0 bridgehead atoms. The Morgan fingerprint density at radius 3 is 2.53 bits per heavy atom. The van der Waals surface area contributed by atoms with E-state index in [4.69, 9.17) is 9.47 Å². The molecule has 5 aliphatic rings. The summed E-state index contributed by atoms with van der Waals surface area (Å²) in [6.07, 6.45) is 12.0. The second-order valence-corrected chi connectivity index (χ2v) is 13.7. The highest BCUT2D eigenvalue weighted by atomic mass is 16.7. The van der Waals surface area contributed by atoms with Crippen molar-refractivity contribution in [2.75, 3.05) is 6.61 Å². The van der Waals surface area contributed by atoms with Gasteiger partial charge in [-0.1, -0.05) is 27.7 Å². The van der Waals surface area contributed by atoms with Gasteiger partial charge < -0.3 is 14.6 Å². The van der Waals surface area contributed by atoms with E-state index in [0.29, 0.717) is 48.4 Å². The predicted molar refractivity (Wildman–Crippen MR) is 139 cm³/mol. The van der Waals surface area contributed by atoms with Crippen LogP contribution in [0.15, 0.2) is 0 Å². The van der Waals surface area contributed by atoms with Crippen LogP contribution in [0.4, 0.5) is 0 Å². The van der Waals surface area contributed by atoms with E-state index in [1.54, 1.807) is 0 Å². The van der Waals surface area contributed by atoms with Gasteiger partial charge in [-0.2, -0.15) is 0 Å². The molecule has 1 unspecified atom stereocenters. The molecular formula is C31H50O5. The minimum atomic E-state index is -0.347. The largest absolute Gasteiger partial charge is 0.436 e. The molecule has 5 rings (SSSR count). The molecule has 0 aromatic heterocycles. The molecule has 4 aliphatic carbocycles. The summed E-state index contributed by atoms with van der Waals surface area (Å²) in [5.74, 6) is 3.01. The minimum Gasteiger partial charge on any atom is -0.436 e. The van der Waals surface area contributed by atoms with Gasteiger partial charge in [0.15, 0.2) is 0 Å². The van der Waals surface area contributed by atoms with Crippen LogP contribution in [0.25, 0.3) is 0 Å². The molecule has 5 heteroatoms. The average molecular weight is 503 g/mol. The third-order valence-corrected chi connectivity index (χ3v) is 12.1. The number of fused-ring (bicyclic) bond motifs is 5. The Morgan fingerprint density at radius 2 is 1.81 bits per heavy atom. The van der Waals surface area contributed by atoms with Crippen molar-refractivity contribution in [2.45, 2.75) is 124 Å². The van der Waals surface area contributed by atoms with Crippen LogP contribution in [-0.2, 0) is 19.1 Å². The molecule has 0 radical (unpaired) electrons. The molecule has 1 heterocycles. The first kappa shape index (κ1) is 26.7. The first-order valence-electron chi connectivity index (χ1n) is 15.2. The van der Waals surface area contributed by atoms with E-state index < -0.39 is 0 Å². The lowest BCUT2D eigenvalue weighted by Crippen LogP contribution is -2.60. The van der Waals surface area contributed by atoms with Crippen molar-refractivity contribution >= 4 is 11.8 Å². The second-order valence-electron chi connectivity index (χ2n) is 13.7. The Bertz CT molecular complexity index is 820. The minimum absolute atomic E-state index is 0.113. The zero-order valence-electron chi connectivity index (χ0n) is 23.2. The highest BCUT2D eigenvalue weighted by Crippen LogP contribution is 2.68. The third kappa shape index (κ3) is 4.48. The quantitative estimate of drug-likeness (QED) is 0.431. The lowest BCUT2D eigenvalue weighted by molar-refractivity contribution is -0.187. The van der Waals surface area contributed by atoms with Crippen LogP contribution < -0.4 is 0 Å². The fourth-order valence-corrected chi connectivity index (χ4v) is 10.2. The van der Waals surface area contributed by atoms with E-state index in [9.17, 15) is 14.7 Å². The number of esters is 1. The number of hydrogen-bond donors (Lipinski definition) is 1. The van der Waals surface area contributed by atoms with Crippen molar-refractivity contribution in [2.24, 2.45) is 52.3 Å². The fourth-order valence-electron chi connectivity index (χ4n) is 10.2. The highest BCUT2D eigenvalue weighted by molar-refractivity contribution is 5.86. The maximum absolute atomic E-state index is 14.1. The van der Waals surface area contributed by atoms with Crippen molar-refractivity contribution in [3.63, 3.8) is 0 Å². The van der Waals surface area contributed by atoms with Crippen LogP contribution in [0.3, 0.4) is 0 Å². The molecule has 1 aliphatic heterocycles. The van der Waals surface area contributed by atoms with E-state index in [1.807, 2.05) is 0 Å². The van der Waals surface area contributed by atoms with Gasteiger partial charge in [-0.3, -0.25) is 9.59 Å². The number of carbonyl (C=O) groups excluding carboxylic acids is 2. The van der Waals surface area contributed by atoms with E-state index in [1.165, 1.54) is 12.8 Å². The van der Waals surface area contributed by atoms with Gasteiger partial charge in [0.25, 0.3) is 0 Å². The zero-order chi connectivity index (χ0) is 25.7. The average Bonchev–Trinajstić information content (AvgIpc) is 3.22. The van der Waals surface area contributed by atoms with Crippen molar-refractivity contribution in [3.8, 4) is 0 Å². The molecule has 0 spiro atoms. The van der Waals surface area contributed by atoms with Gasteiger partial charge in [0.05, 0.1) is 12.7 Å². The number of aliphatic hydroxyl groups excluding tert-OH is 1. The molecule has 36 heavy (non-hydrogen) atoms. The molecule has 0 amide bonds. The summed E-state index contributed by atoms with van der Waals surface area (Å²) in [4.78, 5) is 26.6. The smallest absolute Gasteiger partial charge is 0.308 e. The molecular weight excluding hydrogens is 452 g/mol. The summed E-state index contributed by atoms with van der Waals surface area (Å²) in [5.41, 5.74) is 0.372. The first-order chi connectivity index (χ1) is 17.2. The highest BCUT2D eigenvalue weighted by Gasteiger charge is 2.65. The number of ketones is 1. The molecule has 204 valence electrons. The Hall–Kier alpha value is -0.940. The Morgan fingerprint density at radius 1 is 1.06 bits per heavy atom. The molecule has 5 fully saturated rings. The molecule has 0 aromatic rings. The summed E-state index contributed by atoms with van der Waals surface area (Å²) in [5, 5.41) is 10.5. The first-order valence-corrected chi connectivity index (χ1v) is 15.2. The van der Waals surface area contributed by atoms with Crippen molar-refractivity contribution in [1.29, 1.82) is 0 Å². The van der Waals surface area contributed by atoms with E-state index in [0.717, 1.165) is 64.2 Å². The molecule has 1 saturated heterocycles. The van der Waals surface area contributed by atoms with E-state index in [-0.39, 0.29) is 41.0 Å². The van der Waals surface area contributed by atoms with Crippen molar-refractivity contribution < 1.29 is 24.2 Å². The lowest BCUT2D eigenvalue weighted by Gasteiger charge is -2.62. The Balaban J connectivity index is 1.27. The van der Waals surface area contributed by atoms with E-state index in [2.05, 4.69) is 27.7 Å². The van der Waals surface area contributed by atoms with Gasteiger partial charge in [-0.15, -0.1) is 0 Å². The predicted octanol–water partition coefficient (Wildman–Crippen LogP) is 6.31. The topological polar surface area (TPSA) is 72.8 Å². The molecule has 4 saturated carbocycles. The summed E-state index contributed by atoms with van der Waals surface area (Å²) in [6, 6.07) is 0. The lowest BCUT2D eigenvalue weighted by atomic mass is 9.42. The number of ether oxygens (including phenoxy) is 2. The standard InChI is InChI=1S/C31H50O5/c1-5-21-25-18-20(32)13-15-31(25,4)24-14-16-30(3)22(10-11-23(30)28(24)29(21)34)19(2)9-12-26(33)36-27-8-6-7-17-35-27/h19-25,27-28,32H,5-18H2,1-4H3/t19-,20-,21-,22-,23+,24+,25+,27?,28+,30-,31-/m1/s1.